The molecule has 11 nitrogen and oxygen atoms in total. The molecule has 6 atom stereocenters. The summed E-state index contributed by atoms with van der Waals surface area (Å²) in [5.41, 5.74) is 0. The van der Waals surface area contributed by atoms with E-state index in [1.54, 1.807) is 0 Å². The number of nitrogens with one attached hydrogen (secondary N) is 1. The number of hydrogen-bond acceptors (Lipinski definition) is 9. The minimum Gasteiger partial charge on any atom is -0.477 e. The zero-order chi connectivity index (χ0) is 18.5. The molecular formula is C11H23NO10Si2. The number of carbonyl (C=O) groups excluding carboxylic acids is 1. The number of aliphatic hydroxyl groups is 4. The van der Waals surface area contributed by atoms with Gasteiger partial charge in [-0.05, 0) is 0 Å². The SMILES string of the molecule is CC(=O)N[C@H]1[C@H]([C@H](O)[C@H](O)CO)O[C@](O[SiH2]O[SiH3])(C(=O)O)C[C@@H]1O. The summed E-state index contributed by atoms with van der Waals surface area (Å²) >= 11 is 0. The third kappa shape index (κ3) is 4.81. The Morgan fingerprint density at radius 1 is 1.50 bits per heavy atom. The average molecular weight is 385 g/mol. The number of ether oxygens (including phenoxy) is 1. The van der Waals surface area contributed by atoms with Gasteiger partial charge in [0.1, 0.15) is 28.8 Å². The van der Waals surface area contributed by atoms with E-state index in [4.69, 9.17) is 18.4 Å². The summed E-state index contributed by atoms with van der Waals surface area (Å²) < 4.78 is 15.5. The number of carbonyl (C=O) groups is 2. The molecule has 0 aromatic carbocycles. The highest BCUT2D eigenvalue weighted by molar-refractivity contribution is 6.28. The number of hydrogen-bond donors (Lipinski definition) is 6. The molecule has 24 heavy (non-hydrogen) atoms. The molecule has 0 unspecified atom stereocenters. The largest absolute Gasteiger partial charge is 0.477 e. The highest BCUT2D eigenvalue weighted by atomic mass is 28.3. The lowest BCUT2D eigenvalue weighted by molar-refractivity contribution is -0.286. The molecule has 6 N–H and O–H groups in total. The van der Waals surface area contributed by atoms with Crippen LogP contribution in [0.15, 0.2) is 0 Å². The molecule has 0 radical (unpaired) electrons. The molecular weight excluding hydrogens is 362 g/mol. The molecule has 13 heteroatoms. The first-order valence-electron chi connectivity index (χ1n) is 7.14. The van der Waals surface area contributed by atoms with Crippen LogP contribution in [0.5, 0.6) is 0 Å². The molecule has 1 fully saturated rings. The van der Waals surface area contributed by atoms with E-state index in [1.807, 2.05) is 0 Å². The Balaban J connectivity index is 3.16. The Labute approximate surface area is 143 Å². The van der Waals surface area contributed by atoms with Gasteiger partial charge in [0.05, 0.1) is 18.8 Å². The van der Waals surface area contributed by atoms with Gasteiger partial charge in [-0.1, -0.05) is 0 Å². The van der Waals surface area contributed by atoms with Crippen LogP contribution in [-0.4, -0.2) is 101 Å². The molecule has 1 aliphatic rings. The first-order valence-corrected chi connectivity index (χ1v) is 9.12. The van der Waals surface area contributed by atoms with Crippen LogP contribution >= 0.6 is 0 Å². The zero-order valence-electron chi connectivity index (χ0n) is 13.3. The highest BCUT2D eigenvalue weighted by Gasteiger charge is 2.55. The van der Waals surface area contributed by atoms with E-state index in [2.05, 4.69) is 5.32 Å². The molecule has 1 amide bonds. The third-order valence-corrected chi connectivity index (χ3v) is 5.12. The molecule has 1 rings (SSSR count). The Hall–Kier alpha value is -0.906. The van der Waals surface area contributed by atoms with Crippen LogP contribution in [0.25, 0.3) is 0 Å². The van der Waals surface area contributed by atoms with Crippen molar-refractivity contribution in [3.63, 3.8) is 0 Å². The quantitative estimate of drug-likeness (QED) is 0.221. The molecule has 1 heterocycles. The second-order valence-corrected chi connectivity index (χ2v) is 8.26. The van der Waals surface area contributed by atoms with Crippen LogP contribution in [-0.2, 0) is 22.9 Å². The van der Waals surface area contributed by atoms with Gasteiger partial charge in [0.15, 0.2) is 0 Å². The maximum atomic E-state index is 11.6. The van der Waals surface area contributed by atoms with Crippen molar-refractivity contribution in [1.82, 2.24) is 5.32 Å². The van der Waals surface area contributed by atoms with Crippen molar-refractivity contribution in [3.8, 4) is 0 Å². The molecule has 0 saturated carbocycles. The van der Waals surface area contributed by atoms with Crippen LogP contribution in [0.4, 0.5) is 0 Å². The van der Waals surface area contributed by atoms with Crippen LogP contribution in [0, 0.1) is 0 Å². The van der Waals surface area contributed by atoms with E-state index >= 15 is 0 Å². The summed E-state index contributed by atoms with van der Waals surface area (Å²) in [6.45, 7) is 0.333. The zero-order valence-corrected chi connectivity index (χ0v) is 16.7. The summed E-state index contributed by atoms with van der Waals surface area (Å²) in [4.78, 5) is 22.9. The fourth-order valence-corrected chi connectivity index (χ4v) is 3.40. The number of aliphatic carboxylic acids is 1. The van der Waals surface area contributed by atoms with Crippen LogP contribution in [0.2, 0.25) is 0 Å². The van der Waals surface area contributed by atoms with Gasteiger partial charge in [0.2, 0.25) is 5.91 Å². The number of aliphatic hydroxyl groups excluding tert-OH is 4. The molecule has 140 valence electrons. The van der Waals surface area contributed by atoms with E-state index in [0.717, 1.165) is 6.92 Å². The van der Waals surface area contributed by atoms with E-state index in [-0.39, 0.29) is 0 Å². The molecule has 0 bridgehead atoms. The second kappa shape index (κ2) is 8.98. The fraction of sp³-hybridized carbons (Fsp3) is 0.818. The number of amides is 1. The van der Waals surface area contributed by atoms with Gasteiger partial charge in [-0.3, -0.25) is 4.79 Å². The lowest BCUT2D eigenvalue weighted by Gasteiger charge is -2.46. The Morgan fingerprint density at radius 3 is 2.58 bits per heavy atom. The van der Waals surface area contributed by atoms with Gasteiger partial charge in [-0.2, -0.15) is 0 Å². The monoisotopic (exact) mass is 385 g/mol. The lowest BCUT2D eigenvalue weighted by atomic mass is 9.88. The maximum absolute atomic E-state index is 11.6. The average Bonchev–Trinajstić information content (AvgIpc) is 2.53. The van der Waals surface area contributed by atoms with Crippen molar-refractivity contribution >= 4 is 32.4 Å². The highest BCUT2D eigenvalue weighted by Crippen LogP contribution is 2.33. The van der Waals surface area contributed by atoms with Crippen LogP contribution in [0.1, 0.15) is 13.3 Å². The van der Waals surface area contributed by atoms with Gasteiger partial charge in [-0.15, -0.1) is 0 Å². The van der Waals surface area contributed by atoms with Crippen LogP contribution in [0.3, 0.4) is 0 Å². The standard InChI is InChI=1S/C11H23NO10Si2/c1-4(14)12-7-5(15)2-11(10(18)19,21-24-22-23)20-9(7)8(17)6(16)3-13/h5-9,13,15-17H,2-3,24H2,1,23H3,(H,12,14)(H,18,19)/t5-,6+,7+,8+,9+,11+/m0/s1. The summed E-state index contributed by atoms with van der Waals surface area (Å²) in [6, 6.07) is -1.20. The van der Waals surface area contributed by atoms with Crippen LogP contribution < -0.4 is 5.32 Å². The molecule has 0 spiro atoms. The van der Waals surface area contributed by atoms with Crippen molar-refractivity contribution in [2.75, 3.05) is 6.61 Å². The van der Waals surface area contributed by atoms with E-state index in [9.17, 15) is 30.0 Å². The Bertz CT molecular complexity index is 455. The summed E-state index contributed by atoms with van der Waals surface area (Å²) in [5.74, 6) is -4.37. The summed E-state index contributed by atoms with van der Waals surface area (Å²) in [6.07, 6.45) is -6.92. The molecule has 0 aromatic heterocycles. The molecule has 1 aliphatic heterocycles. The first kappa shape index (κ1) is 21.1. The third-order valence-electron chi connectivity index (χ3n) is 3.60. The summed E-state index contributed by atoms with van der Waals surface area (Å²) in [5, 5.41) is 50.8. The number of rotatable bonds is 8. The lowest BCUT2D eigenvalue weighted by Crippen LogP contribution is -2.68. The normalized spacial score (nSPS) is 33.5. The fourth-order valence-electron chi connectivity index (χ4n) is 2.43. The molecule has 0 aliphatic carbocycles. The number of carboxylic acid groups (broad SMARTS) is 1. The molecule has 0 aromatic rings. The van der Waals surface area contributed by atoms with Gasteiger partial charge in [0, 0.05) is 13.3 Å². The van der Waals surface area contributed by atoms with Gasteiger partial charge in [-0.25, -0.2) is 4.79 Å². The van der Waals surface area contributed by atoms with Gasteiger partial charge >= 0.3 is 5.97 Å². The topological polar surface area (TPSA) is 175 Å². The maximum Gasteiger partial charge on any atom is 0.363 e. The van der Waals surface area contributed by atoms with E-state index in [0.29, 0.717) is 10.5 Å². The predicted octanol–water partition coefficient (Wildman–Crippen LogP) is -5.55. The Kier molecular flexibility index (Phi) is 7.91. The van der Waals surface area contributed by atoms with E-state index in [1.165, 1.54) is 0 Å². The van der Waals surface area contributed by atoms with Crippen molar-refractivity contribution in [1.29, 1.82) is 0 Å². The van der Waals surface area contributed by atoms with Crippen molar-refractivity contribution < 1.29 is 48.4 Å². The molecule has 1 saturated heterocycles. The number of carboxylic acids is 1. The minimum atomic E-state index is -2.27. The van der Waals surface area contributed by atoms with Gasteiger partial charge < -0.3 is 44.1 Å². The first-order chi connectivity index (χ1) is 11.2. The van der Waals surface area contributed by atoms with Crippen molar-refractivity contribution in [2.45, 2.75) is 49.6 Å². The summed E-state index contributed by atoms with van der Waals surface area (Å²) in [7, 11) is -1.37. The smallest absolute Gasteiger partial charge is 0.363 e. The Morgan fingerprint density at radius 2 is 2.12 bits per heavy atom. The van der Waals surface area contributed by atoms with Crippen molar-refractivity contribution in [2.24, 2.45) is 0 Å². The van der Waals surface area contributed by atoms with E-state index < -0.39 is 71.2 Å². The predicted molar refractivity (Wildman–Crippen MR) is 83.2 cm³/mol. The van der Waals surface area contributed by atoms with Crippen molar-refractivity contribution in [3.05, 3.63) is 0 Å². The minimum absolute atomic E-state index is 0.327. The second-order valence-electron chi connectivity index (χ2n) is 5.43. The van der Waals surface area contributed by atoms with Gasteiger partial charge in [0.25, 0.3) is 15.8 Å².